The molecule has 0 bridgehead atoms. The SMILES string of the molecule is CCc1c(CCN)[nH]c2ccc(C)cc12. The van der Waals surface area contributed by atoms with Gasteiger partial charge < -0.3 is 10.7 Å². The topological polar surface area (TPSA) is 41.8 Å². The van der Waals surface area contributed by atoms with Gasteiger partial charge >= 0.3 is 0 Å². The lowest BCUT2D eigenvalue weighted by atomic mass is 10.1. The minimum Gasteiger partial charge on any atom is -0.358 e. The second-order valence-electron chi connectivity index (χ2n) is 4.02. The van der Waals surface area contributed by atoms with Crippen LogP contribution in [0.4, 0.5) is 0 Å². The van der Waals surface area contributed by atoms with Crippen molar-refractivity contribution in [2.45, 2.75) is 26.7 Å². The molecule has 0 unspecified atom stereocenters. The summed E-state index contributed by atoms with van der Waals surface area (Å²) in [5.74, 6) is 0. The van der Waals surface area contributed by atoms with Gasteiger partial charge in [-0.05, 0) is 37.6 Å². The van der Waals surface area contributed by atoms with Crippen LogP contribution in [-0.4, -0.2) is 11.5 Å². The number of nitrogens with one attached hydrogen (secondary N) is 1. The molecule has 0 aliphatic heterocycles. The highest BCUT2D eigenvalue weighted by atomic mass is 14.7. The summed E-state index contributed by atoms with van der Waals surface area (Å²) in [7, 11) is 0. The first-order chi connectivity index (χ1) is 7.26. The largest absolute Gasteiger partial charge is 0.358 e. The smallest absolute Gasteiger partial charge is 0.0459 e. The number of benzene rings is 1. The van der Waals surface area contributed by atoms with E-state index in [1.54, 1.807) is 0 Å². The summed E-state index contributed by atoms with van der Waals surface area (Å²) in [6.07, 6.45) is 2.01. The summed E-state index contributed by atoms with van der Waals surface area (Å²) in [6.45, 7) is 5.04. The van der Waals surface area contributed by atoms with Gasteiger partial charge in [0.05, 0.1) is 0 Å². The third-order valence-corrected chi connectivity index (χ3v) is 2.90. The summed E-state index contributed by atoms with van der Waals surface area (Å²) >= 11 is 0. The summed E-state index contributed by atoms with van der Waals surface area (Å²) in [6, 6.07) is 6.55. The van der Waals surface area contributed by atoms with Crippen LogP contribution in [0, 0.1) is 6.92 Å². The predicted octanol–water partition coefficient (Wildman–Crippen LogP) is 2.54. The van der Waals surface area contributed by atoms with Gasteiger partial charge in [-0.15, -0.1) is 0 Å². The Balaban J connectivity index is 2.63. The second-order valence-corrected chi connectivity index (χ2v) is 4.02. The Kier molecular flexibility index (Phi) is 2.78. The number of aromatic amines is 1. The number of fused-ring (bicyclic) bond motifs is 1. The molecule has 2 heteroatoms. The standard InChI is InChI=1S/C13H18N2/c1-3-10-11-8-9(2)4-5-12(11)15-13(10)6-7-14/h4-5,8,15H,3,6-7,14H2,1-2H3. The van der Waals surface area contributed by atoms with Crippen molar-refractivity contribution in [1.82, 2.24) is 4.98 Å². The Morgan fingerprint density at radius 3 is 2.80 bits per heavy atom. The maximum atomic E-state index is 5.62. The Labute approximate surface area is 90.5 Å². The molecule has 3 N–H and O–H groups in total. The van der Waals surface area contributed by atoms with E-state index in [4.69, 9.17) is 5.73 Å². The summed E-state index contributed by atoms with van der Waals surface area (Å²) in [5.41, 5.74) is 10.9. The van der Waals surface area contributed by atoms with E-state index in [9.17, 15) is 0 Å². The van der Waals surface area contributed by atoms with Crippen LogP contribution in [0.1, 0.15) is 23.7 Å². The van der Waals surface area contributed by atoms with Crippen LogP contribution in [0.3, 0.4) is 0 Å². The Morgan fingerprint density at radius 2 is 2.13 bits per heavy atom. The molecule has 2 nitrogen and oxygen atoms in total. The zero-order chi connectivity index (χ0) is 10.8. The third-order valence-electron chi connectivity index (χ3n) is 2.90. The number of hydrogen-bond donors (Lipinski definition) is 2. The number of rotatable bonds is 3. The number of aromatic nitrogens is 1. The highest BCUT2D eigenvalue weighted by Gasteiger charge is 2.08. The van der Waals surface area contributed by atoms with Gasteiger partial charge in [0.2, 0.25) is 0 Å². The van der Waals surface area contributed by atoms with E-state index >= 15 is 0 Å². The number of hydrogen-bond acceptors (Lipinski definition) is 1. The van der Waals surface area contributed by atoms with Crippen LogP contribution in [0.25, 0.3) is 10.9 Å². The van der Waals surface area contributed by atoms with Gasteiger partial charge in [-0.1, -0.05) is 18.6 Å². The van der Waals surface area contributed by atoms with Gasteiger partial charge in [0.1, 0.15) is 0 Å². The Hall–Kier alpha value is -1.28. The maximum Gasteiger partial charge on any atom is 0.0459 e. The van der Waals surface area contributed by atoms with Crippen LogP contribution >= 0.6 is 0 Å². The molecule has 2 rings (SSSR count). The van der Waals surface area contributed by atoms with Gasteiger partial charge in [-0.2, -0.15) is 0 Å². The zero-order valence-electron chi connectivity index (χ0n) is 9.43. The van der Waals surface area contributed by atoms with Gasteiger partial charge in [0.25, 0.3) is 0 Å². The first-order valence-electron chi connectivity index (χ1n) is 5.56. The summed E-state index contributed by atoms with van der Waals surface area (Å²) in [4.78, 5) is 3.46. The van der Waals surface area contributed by atoms with Crippen LogP contribution in [-0.2, 0) is 12.8 Å². The lowest BCUT2D eigenvalue weighted by Gasteiger charge is -1.99. The molecule has 1 aromatic carbocycles. The van der Waals surface area contributed by atoms with Crippen molar-refractivity contribution in [3.8, 4) is 0 Å². The minimum atomic E-state index is 0.707. The first-order valence-corrected chi connectivity index (χ1v) is 5.56. The molecule has 15 heavy (non-hydrogen) atoms. The third kappa shape index (κ3) is 1.77. The monoisotopic (exact) mass is 202 g/mol. The van der Waals surface area contributed by atoms with Crippen LogP contribution in [0.15, 0.2) is 18.2 Å². The highest BCUT2D eigenvalue weighted by Crippen LogP contribution is 2.24. The molecule has 1 aromatic heterocycles. The van der Waals surface area contributed by atoms with Crippen LogP contribution in [0.5, 0.6) is 0 Å². The molecule has 0 spiro atoms. The fourth-order valence-electron chi connectivity index (χ4n) is 2.18. The summed E-state index contributed by atoms with van der Waals surface area (Å²) in [5, 5.41) is 1.36. The predicted molar refractivity (Wildman–Crippen MR) is 65.2 cm³/mol. The van der Waals surface area contributed by atoms with E-state index in [0.717, 1.165) is 12.8 Å². The molecule has 0 radical (unpaired) electrons. The molecular formula is C13H18N2. The number of nitrogens with two attached hydrogens (primary N) is 1. The lowest BCUT2D eigenvalue weighted by molar-refractivity contribution is 0.915. The molecule has 0 aliphatic rings. The normalized spacial score (nSPS) is 11.1. The van der Waals surface area contributed by atoms with Crippen molar-refractivity contribution in [1.29, 1.82) is 0 Å². The quantitative estimate of drug-likeness (QED) is 0.789. The molecule has 0 saturated carbocycles. The van der Waals surface area contributed by atoms with Crippen molar-refractivity contribution in [2.75, 3.05) is 6.54 Å². The van der Waals surface area contributed by atoms with Crippen LogP contribution in [0.2, 0.25) is 0 Å². The highest BCUT2D eigenvalue weighted by molar-refractivity contribution is 5.85. The van der Waals surface area contributed by atoms with E-state index in [1.165, 1.54) is 27.7 Å². The maximum absolute atomic E-state index is 5.62. The summed E-state index contributed by atoms with van der Waals surface area (Å²) < 4.78 is 0. The number of H-pyrrole nitrogens is 1. The van der Waals surface area contributed by atoms with Crippen molar-refractivity contribution in [3.05, 3.63) is 35.0 Å². The van der Waals surface area contributed by atoms with E-state index in [-0.39, 0.29) is 0 Å². The van der Waals surface area contributed by atoms with Gasteiger partial charge in [0.15, 0.2) is 0 Å². The fraction of sp³-hybridized carbons (Fsp3) is 0.385. The van der Waals surface area contributed by atoms with E-state index in [0.29, 0.717) is 6.54 Å². The Bertz CT molecular complexity index is 469. The van der Waals surface area contributed by atoms with Gasteiger partial charge in [-0.3, -0.25) is 0 Å². The molecule has 0 atom stereocenters. The molecule has 0 amide bonds. The molecular weight excluding hydrogens is 184 g/mol. The van der Waals surface area contributed by atoms with E-state index in [1.807, 2.05) is 0 Å². The molecule has 0 saturated heterocycles. The van der Waals surface area contributed by atoms with Crippen LogP contribution < -0.4 is 5.73 Å². The molecule has 2 aromatic rings. The first kappa shape index (κ1) is 10.2. The Morgan fingerprint density at radius 1 is 1.33 bits per heavy atom. The zero-order valence-corrected chi connectivity index (χ0v) is 9.43. The van der Waals surface area contributed by atoms with Crippen molar-refractivity contribution < 1.29 is 0 Å². The average molecular weight is 202 g/mol. The van der Waals surface area contributed by atoms with E-state index in [2.05, 4.69) is 37.0 Å². The van der Waals surface area contributed by atoms with Crippen molar-refractivity contribution in [2.24, 2.45) is 5.73 Å². The van der Waals surface area contributed by atoms with E-state index < -0.39 is 0 Å². The van der Waals surface area contributed by atoms with Crippen molar-refractivity contribution in [3.63, 3.8) is 0 Å². The fourth-order valence-corrected chi connectivity index (χ4v) is 2.18. The molecule has 0 fully saturated rings. The molecule has 80 valence electrons. The molecule has 1 heterocycles. The second kappa shape index (κ2) is 4.07. The van der Waals surface area contributed by atoms with Gasteiger partial charge in [0, 0.05) is 23.0 Å². The average Bonchev–Trinajstić information content (AvgIpc) is 2.55. The molecule has 0 aliphatic carbocycles. The van der Waals surface area contributed by atoms with Crippen molar-refractivity contribution >= 4 is 10.9 Å². The van der Waals surface area contributed by atoms with Gasteiger partial charge in [-0.25, -0.2) is 0 Å². The minimum absolute atomic E-state index is 0.707. The lowest BCUT2D eigenvalue weighted by Crippen LogP contribution is -2.04. The number of aryl methyl sites for hydroxylation is 2.